The average molecular weight is 296 g/mol. The molecule has 5 heteroatoms. The molecule has 0 radical (unpaired) electrons. The number of aromatic nitrogens is 2. The summed E-state index contributed by atoms with van der Waals surface area (Å²) in [6, 6.07) is 5.15. The van der Waals surface area contributed by atoms with Crippen LogP contribution in [0.1, 0.15) is 30.6 Å². The lowest BCUT2D eigenvalue weighted by Gasteiger charge is -2.19. The zero-order valence-electron chi connectivity index (χ0n) is 11.7. The smallest absolute Gasteiger partial charge is 0.145 e. The number of aryl methyl sites for hydroxylation is 1. The van der Waals surface area contributed by atoms with Crippen LogP contribution in [0.2, 0.25) is 5.02 Å². The molecular formula is C15H19ClFN3. The van der Waals surface area contributed by atoms with Crippen LogP contribution in [0.3, 0.4) is 0 Å². The van der Waals surface area contributed by atoms with Crippen molar-refractivity contribution in [3.05, 3.63) is 52.8 Å². The van der Waals surface area contributed by atoms with Crippen LogP contribution in [0.5, 0.6) is 0 Å². The van der Waals surface area contributed by atoms with Crippen molar-refractivity contribution in [1.82, 2.24) is 14.9 Å². The maximum absolute atomic E-state index is 14.0. The minimum Gasteiger partial charge on any atom is -0.336 e. The quantitative estimate of drug-likeness (QED) is 0.884. The van der Waals surface area contributed by atoms with Gasteiger partial charge in [0.15, 0.2) is 0 Å². The molecule has 0 amide bonds. The van der Waals surface area contributed by atoms with Crippen LogP contribution in [-0.2, 0) is 13.5 Å². The monoisotopic (exact) mass is 295 g/mol. The molecule has 0 aliphatic heterocycles. The Hall–Kier alpha value is -1.39. The highest BCUT2D eigenvalue weighted by molar-refractivity contribution is 6.30. The van der Waals surface area contributed by atoms with E-state index in [0.29, 0.717) is 12.0 Å². The number of nitrogens with zero attached hydrogens (tertiary/aromatic N) is 2. The number of rotatable bonds is 6. The van der Waals surface area contributed by atoms with Crippen LogP contribution in [0, 0.1) is 5.82 Å². The van der Waals surface area contributed by atoms with E-state index < -0.39 is 0 Å². The number of benzene rings is 1. The Morgan fingerprint density at radius 2 is 2.25 bits per heavy atom. The summed E-state index contributed by atoms with van der Waals surface area (Å²) in [5, 5.41) is 3.61. The number of imidazole rings is 1. The molecule has 0 saturated carbocycles. The normalized spacial score (nSPS) is 12.6. The van der Waals surface area contributed by atoms with Gasteiger partial charge in [-0.05, 0) is 31.0 Å². The first-order valence-corrected chi connectivity index (χ1v) is 7.13. The van der Waals surface area contributed by atoms with Gasteiger partial charge in [0, 0.05) is 13.2 Å². The summed E-state index contributed by atoms with van der Waals surface area (Å²) in [5.74, 6) is -0.334. The third kappa shape index (κ3) is 3.38. The van der Waals surface area contributed by atoms with Gasteiger partial charge in [-0.1, -0.05) is 30.7 Å². The lowest BCUT2D eigenvalue weighted by molar-refractivity contribution is 0.492. The van der Waals surface area contributed by atoms with E-state index in [9.17, 15) is 4.39 Å². The molecule has 20 heavy (non-hydrogen) atoms. The van der Waals surface area contributed by atoms with Gasteiger partial charge in [0.25, 0.3) is 0 Å². The van der Waals surface area contributed by atoms with Crippen molar-refractivity contribution in [3.8, 4) is 0 Å². The Balaban J connectivity index is 2.24. The Kier molecular flexibility index (Phi) is 5.15. The van der Waals surface area contributed by atoms with Gasteiger partial charge in [0.2, 0.25) is 0 Å². The van der Waals surface area contributed by atoms with E-state index in [-0.39, 0.29) is 16.9 Å². The maximum Gasteiger partial charge on any atom is 0.145 e. The topological polar surface area (TPSA) is 29.9 Å². The van der Waals surface area contributed by atoms with Crippen molar-refractivity contribution in [2.75, 3.05) is 6.54 Å². The van der Waals surface area contributed by atoms with Gasteiger partial charge in [-0.3, -0.25) is 0 Å². The lowest BCUT2D eigenvalue weighted by atomic mass is 10.0. The molecule has 2 aromatic rings. The average Bonchev–Trinajstić information content (AvgIpc) is 2.85. The Morgan fingerprint density at radius 3 is 2.90 bits per heavy atom. The van der Waals surface area contributed by atoms with Gasteiger partial charge in [0.1, 0.15) is 5.82 Å². The third-order valence-corrected chi connectivity index (χ3v) is 3.60. The molecule has 0 aliphatic rings. The van der Waals surface area contributed by atoms with Crippen molar-refractivity contribution < 1.29 is 4.39 Å². The van der Waals surface area contributed by atoms with Gasteiger partial charge >= 0.3 is 0 Å². The Bertz CT molecular complexity index is 568. The molecule has 108 valence electrons. The zero-order valence-corrected chi connectivity index (χ0v) is 12.5. The summed E-state index contributed by atoms with van der Waals surface area (Å²) in [7, 11) is 1.94. The van der Waals surface area contributed by atoms with Gasteiger partial charge < -0.3 is 9.88 Å². The first-order chi connectivity index (χ1) is 9.63. The van der Waals surface area contributed by atoms with E-state index in [2.05, 4.69) is 17.2 Å². The van der Waals surface area contributed by atoms with E-state index in [4.69, 9.17) is 11.6 Å². The molecule has 1 unspecified atom stereocenters. The van der Waals surface area contributed by atoms with Gasteiger partial charge in [0.05, 0.1) is 23.1 Å². The molecule has 1 atom stereocenters. The minimum atomic E-state index is -0.334. The molecule has 0 aliphatic carbocycles. The molecule has 1 heterocycles. The Morgan fingerprint density at radius 1 is 1.45 bits per heavy atom. The molecule has 2 rings (SSSR count). The zero-order chi connectivity index (χ0) is 14.5. The maximum atomic E-state index is 14.0. The van der Waals surface area contributed by atoms with Crippen molar-refractivity contribution in [2.24, 2.45) is 7.05 Å². The van der Waals surface area contributed by atoms with Crippen molar-refractivity contribution in [1.29, 1.82) is 0 Å². The SMILES string of the molecule is CCCNC(Cc1cccc(Cl)c1F)c1cncn1C. The van der Waals surface area contributed by atoms with Gasteiger partial charge in [-0.15, -0.1) is 0 Å². The van der Waals surface area contributed by atoms with Crippen LogP contribution in [0.4, 0.5) is 4.39 Å². The molecule has 3 nitrogen and oxygen atoms in total. The number of hydrogen-bond acceptors (Lipinski definition) is 2. The summed E-state index contributed by atoms with van der Waals surface area (Å²) < 4.78 is 16.0. The highest BCUT2D eigenvalue weighted by Gasteiger charge is 2.17. The summed E-state index contributed by atoms with van der Waals surface area (Å²) in [4.78, 5) is 4.14. The molecule has 1 aromatic heterocycles. The highest BCUT2D eigenvalue weighted by Crippen LogP contribution is 2.23. The van der Waals surface area contributed by atoms with Gasteiger partial charge in [-0.25, -0.2) is 9.37 Å². The molecule has 1 N–H and O–H groups in total. The predicted molar refractivity (Wildman–Crippen MR) is 79.4 cm³/mol. The van der Waals surface area contributed by atoms with E-state index in [1.807, 2.05) is 17.8 Å². The predicted octanol–water partition coefficient (Wildman–Crippen LogP) is 3.50. The fraction of sp³-hybridized carbons (Fsp3) is 0.400. The fourth-order valence-electron chi connectivity index (χ4n) is 2.23. The van der Waals surface area contributed by atoms with E-state index >= 15 is 0 Å². The first-order valence-electron chi connectivity index (χ1n) is 6.76. The molecule has 0 spiro atoms. The second-order valence-electron chi connectivity index (χ2n) is 4.85. The highest BCUT2D eigenvalue weighted by atomic mass is 35.5. The fourth-order valence-corrected chi connectivity index (χ4v) is 2.42. The van der Waals surface area contributed by atoms with E-state index in [0.717, 1.165) is 18.7 Å². The van der Waals surface area contributed by atoms with Crippen molar-refractivity contribution >= 4 is 11.6 Å². The number of halogens is 2. The summed E-state index contributed by atoms with van der Waals surface area (Å²) >= 11 is 5.84. The largest absolute Gasteiger partial charge is 0.336 e. The van der Waals surface area contributed by atoms with Crippen LogP contribution < -0.4 is 5.32 Å². The Labute approximate surface area is 123 Å². The van der Waals surface area contributed by atoms with E-state index in [1.165, 1.54) is 0 Å². The lowest BCUT2D eigenvalue weighted by Crippen LogP contribution is -2.26. The summed E-state index contributed by atoms with van der Waals surface area (Å²) in [6.45, 7) is 2.98. The number of hydrogen-bond donors (Lipinski definition) is 1. The summed E-state index contributed by atoms with van der Waals surface area (Å²) in [5.41, 5.74) is 1.66. The van der Waals surface area contributed by atoms with Crippen LogP contribution >= 0.6 is 11.6 Å². The van der Waals surface area contributed by atoms with Crippen molar-refractivity contribution in [3.63, 3.8) is 0 Å². The number of nitrogens with one attached hydrogen (secondary N) is 1. The molecule has 0 fully saturated rings. The first kappa shape index (κ1) is 15.0. The van der Waals surface area contributed by atoms with Gasteiger partial charge in [-0.2, -0.15) is 0 Å². The molecule has 0 saturated heterocycles. The molecular weight excluding hydrogens is 277 g/mol. The van der Waals surface area contributed by atoms with E-state index in [1.54, 1.807) is 24.5 Å². The molecule has 0 bridgehead atoms. The minimum absolute atomic E-state index is 0.0235. The van der Waals surface area contributed by atoms with Crippen LogP contribution in [0.15, 0.2) is 30.7 Å². The second kappa shape index (κ2) is 6.86. The second-order valence-corrected chi connectivity index (χ2v) is 5.26. The standard InChI is InChI=1S/C15H19ClFN3/c1-3-7-19-13(14-9-18-10-20(14)2)8-11-5-4-6-12(16)15(11)17/h4-6,9-10,13,19H,3,7-8H2,1-2H3. The molecule has 1 aromatic carbocycles. The third-order valence-electron chi connectivity index (χ3n) is 3.31. The van der Waals surface area contributed by atoms with Crippen LogP contribution in [-0.4, -0.2) is 16.1 Å². The summed E-state index contributed by atoms with van der Waals surface area (Å²) in [6.07, 6.45) is 5.14. The van der Waals surface area contributed by atoms with Crippen molar-refractivity contribution in [2.45, 2.75) is 25.8 Å². The van der Waals surface area contributed by atoms with Crippen LogP contribution in [0.25, 0.3) is 0 Å².